The number of carbonyl (C=O) groups is 1. The topological polar surface area (TPSA) is 44.4 Å². The molecule has 0 aromatic heterocycles. The normalized spacial score (nSPS) is 21.6. The molecule has 1 aliphatic carbocycles. The standard InChI is InChI=1S/C21H33N3O/c1-24(20-11-3-2-4-12-20)16-18-9-6-5-8-17(18)15-23-21(25)14-19-10-7-13-22-19/h5-6,8-9,19-20,22H,2-4,7,10-16H2,1H3,(H,23,25). The summed E-state index contributed by atoms with van der Waals surface area (Å²) in [6.45, 7) is 2.66. The first kappa shape index (κ1) is 18.4. The number of nitrogens with zero attached hydrogens (tertiary/aromatic N) is 1. The average molecular weight is 344 g/mol. The van der Waals surface area contributed by atoms with Crippen LogP contribution in [0.5, 0.6) is 0 Å². The van der Waals surface area contributed by atoms with Gasteiger partial charge in [-0.05, 0) is 50.4 Å². The SMILES string of the molecule is CN(Cc1ccccc1CNC(=O)CC1CCCN1)C1CCCCC1. The lowest BCUT2D eigenvalue weighted by atomic mass is 9.94. The number of hydrogen-bond acceptors (Lipinski definition) is 3. The van der Waals surface area contributed by atoms with Crippen molar-refractivity contribution in [2.24, 2.45) is 0 Å². The average Bonchev–Trinajstić information content (AvgIpc) is 3.14. The van der Waals surface area contributed by atoms with Crippen LogP contribution in [0.2, 0.25) is 0 Å². The third-order valence-electron chi connectivity index (χ3n) is 5.81. The minimum atomic E-state index is 0.162. The van der Waals surface area contributed by atoms with E-state index in [1.165, 1.54) is 49.7 Å². The monoisotopic (exact) mass is 343 g/mol. The molecule has 138 valence electrons. The Morgan fingerprint density at radius 3 is 2.60 bits per heavy atom. The minimum Gasteiger partial charge on any atom is -0.352 e. The second-order valence-electron chi connectivity index (χ2n) is 7.75. The Labute approximate surface area is 152 Å². The molecule has 3 rings (SSSR count). The molecule has 1 heterocycles. The highest BCUT2D eigenvalue weighted by Gasteiger charge is 2.20. The van der Waals surface area contributed by atoms with Gasteiger partial charge in [0.1, 0.15) is 0 Å². The van der Waals surface area contributed by atoms with Gasteiger partial charge in [-0.2, -0.15) is 0 Å². The second-order valence-corrected chi connectivity index (χ2v) is 7.75. The molecule has 2 N–H and O–H groups in total. The zero-order valence-corrected chi connectivity index (χ0v) is 15.6. The molecular formula is C21H33N3O. The highest BCUT2D eigenvalue weighted by molar-refractivity contribution is 5.76. The Balaban J connectivity index is 1.52. The summed E-state index contributed by atoms with van der Waals surface area (Å²) >= 11 is 0. The van der Waals surface area contributed by atoms with Gasteiger partial charge in [-0.1, -0.05) is 43.5 Å². The van der Waals surface area contributed by atoms with Crippen LogP contribution in [0.25, 0.3) is 0 Å². The van der Waals surface area contributed by atoms with Gasteiger partial charge in [0.2, 0.25) is 5.91 Å². The molecule has 1 aromatic carbocycles. The van der Waals surface area contributed by atoms with Gasteiger partial charge in [0.05, 0.1) is 0 Å². The summed E-state index contributed by atoms with van der Waals surface area (Å²) in [5, 5.41) is 6.51. The maximum atomic E-state index is 12.2. The van der Waals surface area contributed by atoms with E-state index in [2.05, 4.69) is 46.8 Å². The van der Waals surface area contributed by atoms with Crippen LogP contribution in [0.1, 0.15) is 62.5 Å². The molecule has 1 saturated heterocycles. The lowest BCUT2D eigenvalue weighted by Crippen LogP contribution is -2.34. The van der Waals surface area contributed by atoms with Gasteiger partial charge in [-0.3, -0.25) is 9.69 Å². The Kier molecular flexibility index (Phi) is 6.88. The van der Waals surface area contributed by atoms with E-state index < -0.39 is 0 Å². The van der Waals surface area contributed by atoms with Gasteiger partial charge < -0.3 is 10.6 Å². The maximum absolute atomic E-state index is 12.2. The first-order valence-corrected chi connectivity index (χ1v) is 9.99. The Bertz CT molecular complexity index is 548. The van der Waals surface area contributed by atoms with Crippen LogP contribution >= 0.6 is 0 Å². The summed E-state index contributed by atoms with van der Waals surface area (Å²) in [5.41, 5.74) is 2.59. The molecule has 0 bridgehead atoms. The molecule has 1 aliphatic heterocycles. The molecule has 4 nitrogen and oxygen atoms in total. The fourth-order valence-corrected chi connectivity index (χ4v) is 4.22. The molecule has 1 saturated carbocycles. The quantitative estimate of drug-likeness (QED) is 0.799. The number of amides is 1. The van der Waals surface area contributed by atoms with Gasteiger partial charge in [0, 0.05) is 31.6 Å². The summed E-state index contributed by atoms with van der Waals surface area (Å²) in [4.78, 5) is 14.7. The second kappa shape index (κ2) is 9.35. The van der Waals surface area contributed by atoms with Crippen molar-refractivity contribution in [2.75, 3.05) is 13.6 Å². The lowest BCUT2D eigenvalue weighted by molar-refractivity contribution is -0.121. The fraction of sp³-hybridized carbons (Fsp3) is 0.667. The number of carbonyl (C=O) groups excluding carboxylic acids is 1. The molecule has 0 radical (unpaired) electrons. The molecule has 1 atom stereocenters. The van der Waals surface area contributed by atoms with Gasteiger partial charge in [0.25, 0.3) is 0 Å². The van der Waals surface area contributed by atoms with Gasteiger partial charge in [-0.25, -0.2) is 0 Å². The van der Waals surface area contributed by atoms with E-state index in [0.29, 0.717) is 25.0 Å². The molecule has 1 amide bonds. The summed E-state index contributed by atoms with van der Waals surface area (Å²) < 4.78 is 0. The van der Waals surface area contributed by atoms with E-state index >= 15 is 0 Å². The van der Waals surface area contributed by atoms with Crippen LogP contribution in [0, 0.1) is 0 Å². The van der Waals surface area contributed by atoms with E-state index in [1.807, 2.05) is 0 Å². The molecular weight excluding hydrogens is 310 g/mol. The van der Waals surface area contributed by atoms with Crippen molar-refractivity contribution < 1.29 is 4.79 Å². The highest BCUT2D eigenvalue weighted by Crippen LogP contribution is 2.23. The lowest BCUT2D eigenvalue weighted by Gasteiger charge is -2.31. The summed E-state index contributed by atoms with van der Waals surface area (Å²) in [7, 11) is 2.25. The Morgan fingerprint density at radius 2 is 1.88 bits per heavy atom. The Morgan fingerprint density at radius 1 is 1.12 bits per heavy atom. The molecule has 4 heteroatoms. The zero-order chi connectivity index (χ0) is 17.5. The molecule has 0 spiro atoms. The van der Waals surface area contributed by atoms with Crippen molar-refractivity contribution in [3.63, 3.8) is 0 Å². The van der Waals surface area contributed by atoms with Crippen molar-refractivity contribution >= 4 is 5.91 Å². The number of rotatable bonds is 7. The van der Waals surface area contributed by atoms with Gasteiger partial charge in [-0.15, -0.1) is 0 Å². The minimum absolute atomic E-state index is 0.162. The summed E-state index contributed by atoms with van der Waals surface area (Å²) in [6.07, 6.45) is 9.68. The predicted octanol–water partition coefficient (Wildman–Crippen LogP) is 3.21. The van der Waals surface area contributed by atoms with E-state index in [0.717, 1.165) is 19.5 Å². The molecule has 1 aromatic rings. The summed E-state index contributed by atoms with van der Waals surface area (Å²) in [5.74, 6) is 0.162. The maximum Gasteiger partial charge on any atom is 0.221 e. The van der Waals surface area contributed by atoms with Crippen LogP contribution in [-0.4, -0.2) is 36.5 Å². The fourth-order valence-electron chi connectivity index (χ4n) is 4.22. The van der Waals surface area contributed by atoms with Crippen LogP contribution in [0.4, 0.5) is 0 Å². The van der Waals surface area contributed by atoms with Crippen molar-refractivity contribution in [3.8, 4) is 0 Å². The van der Waals surface area contributed by atoms with E-state index in [9.17, 15) is 4.79 Å². The van der Waals surface area contributed by atoms with Crippen LogP contribution in [-0.2, 0) is 17.9 Å². The third-order valence-corrected chi connectivity index (χ3v) is 5.81. The van der Waals surface area contributed by atoms with Crippen molar-refractivity contribution in [3.05, 3.63) is 35.4 Å². The number of hydrogen-bond donors (Lipinski definition) is 2. The van der Waals surface area contributed by atoms with E-state index in [4.69, 9.17) is 0 Å². The first-order valence-electron chi connectivity index (χ1n) is 9.99. The van der Waals surface area contributed by atoms with E-state index in [-0.39, 0.29) is 5.91 Å². The van der Waals surface area contributed by atoms with Crippen molar-refractivity contribution in [1.82, 2.24) is 15.5 Å². The smallest absolute Gasteiger partial charge is 0.221 e. The van der Waals surface area contributed by atoms with E-state index in [1.54, 1.807) is 0 Å². The summed E-state index contributed by atoms with van der Waals surface area (Å²) in [6, 6.07) is 9.62. The molecule has 1 unspecified atom stereocenters. The molecule has 25 heavy (non-hydrogen) atoms. The van der Waals surface area contributed by atoms with Gasteiger partial charge in [0.15, 0.2) is 0 Å². The van der Waals surface area contributed by atoms with Crippen LogP contribution < -0.4 is 10.6 Å². The van der Waals surface area contributed by atoms with Crippen molar-refractivity contribution in [1.29, 1.82) is 0 Å². The first-order chi connectivity index (χ1) is 12.2. The van der Waals surface area contributed by atoms with Gasteiger partial charge >= 0.3 is 0 Å². The molecule has 2 aliphatic rings. The largest absolute Gasteiger partial charge is 0.352 e. The van der Waals surface area contributed by atoms with Crippen LogP contribution in [0.3, 0.4) is 0 Å². The zero-order valence-electron chi connectivity index (χ0n) is 15.6. The molecule has 2 fully saturated rings. The Hall–Kier alpha value is -1.39. The number of nitrogens with one attached hydrogen (secondary N) is 2. The van der Waals surface area contributed by atoms with Crippen LogP contribution in [0.15, 0.2) is 24.3 Å². The predicted molar refractivity (Wildman–Crippen MR) is 102 cm³/mol. The van der Waals surface area contributed by atoms with Crippen molar-refractivity contribution in [2.45, 2.75) is 76.5 Å². The third kappa shape index (κ3) is 5.55. The highest BCUT2D eigenvalue weighted by atomic mass is 16.1. The number of benzene rings is 1.